The lowest BCUT2D eigenvalue weighted by Crippen LogP contribution is -2.31. The van der Waals surface area contributed by atoms with Gasteiger partial charge in [0.25, 0.3) is 0 Å². The van der Waals surface area contributed by atoms with E-state index in [1.54, 1.807) is 0 Å². The van der Waals surface area contributed by atoms with Gasteiger partial charge in [-0.25, -0.2) is 9.18 Å². The van der Waals surface area contributed by atoms with Crippen molar-refractivity contribution in [2.75, 3.05) is 7.11 Å². The van der Waals surface area contributed by atoms with Crippen LogP contribution in [-0.4, -0.2) is 19.3 Å². The number of carbonyl (C=O) groups is 1. The Morgan fingerprint density at radius 3 is 2.32 bits per heavy atom. The average molecular weight is 276 g/mol. The van der Waals surface area contributed by atoms with E-state index in [4.69, 9.17) is 0 Å². The lowest BCUT2D eigenvalue weighted by Gasteiger charge is -2.23. The SMILES string of the molecule is COC(=O)c1c(C2(C(F)(F)F)CC2)ccc(F)c1C. The van der Waals surface area contributed by atoms with Crippen molar-refractivity contribution in [2.45, 2.75) is 31.4 Å². The van der Waals surface area contributed by atoms with Gasteiger partial charge in [-0.15, -0.1) is 0 Å². The van der Waals surface area contributed by atoms with E-state index in [1.165, 1.54) is 6.92 Å². The molecular weight excluding hydrogens is 264 g/mol. The number of esters is 1. The fourth-order valence-corrected chi connectivity index (χ4v) is 2.28. The molecule has 1 saturated carbocycles. The third-order valence-corrected chi connectivity index (χ3v) is 3.60. The molecule has 2 nitrogen and oxygen atoms in total. The number of halogens is 4. The number of alkyl halides is 3. The monoisotopic (exact) mass is 276 g/mol. The molecule has 1 fully saturated rings. The Bertz CT molecular complexity index is 530. The van der Waals surface area contributed by atoms with Gasteiger partial charge in [0.05, 0.1) is 18.1 Å². The Morgan fingerprint density at radius 1 is 1.32 bits per heavy atom. The van der Waals surface area contributed by atoms with Crippen LogP contribution in [0.25, 0.3) is 0 Å². The zero-order valence-electron chi connectivity index (χ0n) is 10.4. The van der Waals surface area contributed by atoms with Gasteiger partial charge < -0.3 is 4.74 Å². The number of benzene rings is 1. The van der Waals surface area contributed by atoms with Crippen LogP contribution in [0.1, 0.15) is 34.3 Å². The van der Waals surface area contributed by atoms with E-state index in [-0.39, 0.29) is 29.5 Å². The van der Waals surface area contributed by atoms with Crippen LogP contribution in [0, 0.1) is 12.7 Å². The van der Waals surface area contributed by atoms with Gasteiger partial charge in [0.2, 0.25) is 0 Å². The number of hydrogen-bond donors (Lipinski definition) is 0. The van der Waals surface area contributed by atoms with Gasteiger partial charge in [-0.1, -0.05) is 6.07 Å². The van der Waals surface area contributed by atoms with Crippen molar-refractivity contribution in [3.63, 3.8) is 0 Å². The minimum Gasteiger partial charge on any atom is -0.465 e. The van der Waals surface area contributed by atoms with Crippen LogP contribution in [0.5, 0.6) is 0 Å². The summed E-state index contributed by atoms with van der Waals surface area (Å²) < 4.78 is 57.3. The fraction of sp³-hybridized carbons (Fsp3) is 0.462. The highest BCUT2D eigenvalue weighted by Crippen LogP contribution is 2.59. The molecule has 104 valence electrons. The summed E-state index contributed by atoms with van der Waals surface area (Å²) in [5.41, 5.74) is -2.64. The predicted molar refractivity (Wildman–Crippen MR) is 59.4 cm³/mol. The Morgan fingerprint density at radius 2 is 1.89 bits per heavy atom. The van der Waals surface area contributed by atoms with Gasteiger partial charge in [0.15, 0.2) is 0 Å². The van der Waals surface area contributed by atoms with E-state index in [9.17, 15) is 22.4 Å². The highest BCUT2D eigenvalue weighted by Gasteiger charge is 2.65. The summed E-state index contributed by atoms with van der Waals surface area (Å²) in [4.78, 5) is 11.7. The first-order valence-corrected chi connectivity index (χ1v) is 5.69. The average Bonchev–Trinajstić information content (AvgIpc) is 3.12. The Labute approximate surface area is 107 Å². The quantitative estimate of drug-likeness (QED) is 0.610. The molecule has 0 unspecified atom stereocenters. The van der Waals surface area contributed by atoms with Crippen molar-refractivity contribution in [1.82, 2.24) is 0 Å². The summed E-state index contributed by atoms with van der Waals surface area (Å²) in [7, 11) is 1.06. The van der Waals surface area contributed by atoms with Gasteiger partial charge in [-0.05, 0) is 37.0 Å². The van der Waals surface area contributed by atoms with Crippen molar-refractivity contribution in [1.29, 1.82) is 0 Å². The fourth-order valence-electron chi connectivity index (χ4n) is 2.28. The molecular formula is C13H12F4O2. The second kappa shape index (κ2) is 4.21. The number of methoxy groups -OCH3 is 1. The molecule has 0 N–H and O–H groups in total. The highest BCUT2D eigenvalue weighted by atomic mass is 19.4. The van der Waals surface area contributed by atoms with Crippen molar-refractivity contribution in [2.24, 2.45) is 0 Å². The molecule has 6 heteroatoms. The molecule has 1 aromatic carbocycles. The molecule has 19 heavy (non-hydrogen) atoms. The van der Waals surface area contributed by atoms with Gasteiger partial charge in [0.1, 0.15) is 5.82 Å². The number of ether oxygens (including phenoxy) is 1. The maximum Gasteiger partial charge on any atom is 0.398 e. The maximum absolute atomic E-state index is 13.5. The molecule has 0 saturated heterocycles. The zero-order valence-corrected chi connectivity index (χ0v) is 10.4. The summed E-state index contributed by atoms with van der Waals surface area (Å²) >= 11 is 0. The number of hydrogen-bond acceptors (Lipinski definition) is 2. The van der Waals surface area contributed by atoms with Crippen LogP contribution in [0.4, 0.5) is 17.6 Å². The van der Waals surface area contributed by atoms with Crippen LogP contribution < -0.4 is 0 Å². The van der Waals surface area contributed by atoms with Crippen LogP contribution in [0.2, 0.25) is 0 Å². The first-order valence-electron chi connectivity index (χ1n) is 5.69. The summed E-state index contributed by atoms with van der Waals surface area (Å²) in [6.45, 7) is 1.28. The van der Waals surface area contributed by atoms with Crippen LogP contribution in [0.3, 0.4) is 0 Å². The van der Waals surface area contributed by atoms with Gasteiger partial charge in [0, 0.05) is 0 Å². The van der Waals surface area contributed by atoms with Crippen molar-refractivity contribution >= 4 is 5.97 Å². The zero-order chi connectivity index (χ0) is 14.4. The molecule has 1 aliphatic rings. The van der Waals surface area contributed by atoms with Crippen LogP contribution >= 0.6 is 0 Å². The topological polar surface area (TPSA) is 26.3 Å². The van der Waals surface area contributed by atoms with E-state index < -0.39 is 23.4 Å². The molecule has 2 rings (SSSR count). The summed E-state index contributed by atoms with van der Waals surface area (Å²) in [5.74, 6) is -1.66. The van der Waals surface area contributed by atoms with E-state index in [0.29, 0.717) is 0 Å². The predicted octanol–water partition coefficient (Wildman–Crippen LogP) is 3.51. The number of rotatable bonds is 2. The molecule has 0 bridgehead atoms. The smallest absolute Gasteiger partial charge is 0.398 e. The number of carbonyl (C=O) groups excluding carboxylic acids is 1. The third-order valence-electron chi connectivity index (χ3n) is 3.60. The first kappa shape index (κ1) is 13.8. The van der Waals surface area contributed by atoms with Gasteiger partial charge >= 0.3 is 12.1 Å². The van der Waals surface area contributed by atoms with Gasteiger partial charge in [-0.2, -0.15) is 13.2 Å². The minimum absolute atomic E-state index is 0.0917. The standard InChI is InChI=1S/C13H12F4O2/c1-7-9(14)4-3-8(10(7)11(18)19-2)12(5-6-12)13(15,16)17/h3-4H,5-6H2,1-2H3. The highest BCUT2D eigenvalue weighted by molar-refractivity contribution is 5.93. The minimum atomic E-state index is -4.46. The molecule has 1 aromatic rings. The molecule has 0 aliphatic heterocycles. The van der Waals surface area contributed by atoms with Crippen molar-refractivity contribution in [3.05, 3.63) is 34.6 Å². The van der Waals surface area contributed by atoms with E-state index in [2.05, 4.69) is 4.74 Å². The largest absolute Gasteiger partial charge is 0.465 e. The second-order valence-corrected chi connectivity index (χ2v) is 4.67. The van der Waals surface area contributed by atoms with Crippen molar-refractivity contribution < 1.29 is 27.1 Å². The summed E-state index contributed by atoms with van der Waals surface area (Å²) in [6.07, 6.45) is -4.64. The third kappa shape index (κ3) is 1.99. The Kier molecular flexibility index (Phi) is 3.07. The summed E-state index contributed by atoms with van der Waals surface area (Å²) in [5, 5.41) is 0. The van der Waals surface area contributed by atoms with Crippen LogP contribution in [-0.2, 0) is 10.2 Å². The normalized spacial score (nSPS) is 17.2. The summed E-state index contributed by atoms with van der Waals surface area (Å²) in [6, 6.07) is 2.00. The molecule has 0 aromatic heterocycles. The second-order valence-electron chi connectivity index (χ2n) is 4.67. The van der Waals surface area contributed by atoms with E-state index in [1.807, 2.05) is 0 Å². The van der Waals surface area contributed by atoms with E-state index >= 15 is 0 Å². The molecule has 1 aliphatic carbocycles. The Balaban J connectivity index is 2.66. The lowest BCUT2D eigenvalue weighted by molar-refractivity contribution is -0.160. The van der Waals surface area contributed by atoms with Crippen molar-refractivity contribution in [3.8, 4) is 0 Å². The molecule has 0 heterocycles. The molecule has 0 radical (unpaired) electrons. The molecule has 0 spiro atoms. The van der Waals surface area contributed by atoms with Crippen LogP contribution in [0.15, 0.2) is 12.1 Å². The van der Waals surface area contributed by atoms with E-state index in [0.717, 1.165) is 19.2 Å². The first-order chi connectivity index (χ1) is 8.74. The maximum atomic E-state index is 13.5. The van der Waals surface area contributed by atoms with Gasteiger partial charge in [-0.3, -0.25) is 0 Å². The lowest BCUT2D eigenvalue weighted by atomic mass is 9.88. The molecule has 0 atom stereocenters. The Hall–Kier alpha value is -1.59. The molecule has 0 amide bonds.